The monoisotopic (exact) mass is 208 g/mol. The summed E-state index contributed by atoms with van der Waals surface area (Å²) < 4.78 is 10.2. The second-order valence-electron chi connectivity index (χ2n) is 3.76. The van der Waals surface area contributed by atoms with Crippen LogP contribution >= 0.6 is 0 Å². The van der Waals surface area contributed by atoms with Crippen LogP contribution in [0.4, 0.5) is 5.69 Å². The number of pyridine rings is 1. The van der Waals surface area contributed by atoms with E-state index in [9.17, 15) is 0 Å². The van der Waals surface area contributed by atoms with Gasteiger partial charge in [0.25, 0.3) is 0 Å². The lowest BCUT2D eigenvalue weighted by Crippen LogP contribution is -2.40. The van der Waals surface area contributed by atoms with E-state index in [0.29, 0.717) is 18.0 Å². The number of hydrogen-bond acceptors (Lipinski definition) is 4. The molecule has 0 aliphatic heterocycles. The number of anilines is 1. The van der Waals surface area contributed by atoms with Gasteiger partial charge in [-0.25, -0.2) is 4.98 Å². The van der Waals surface area contributed by atoms with Crippen molar-refractivity contribution in [2.45, 2.75) is 25.0 Å². The highest BCUT2D eigenvalue weighted by molar-refractivity contribution is 5.43. The third kappa shape index (κ3) is 2.39. The Labute approximate surface area is 89.6 Å². The summed E-state index contributed by atoms with van der Waals surface area (Å²) >= 11 is 0. The topological polar surface area (TPSA) is 43.4 Å². The number of methoxy groups -OCH3 is 2. The van der Waals surface area contributed by atoms with Crippen LogP contribution < -0.4 is 10.1 Å². The Morgan fingerprint density at radius 1 is 1.33 bits per heavy atom. The van der Waals surface area contributed by atoms with E-state index in [1.165, 1.54) is 0 Å². The van der Waals surface area contributed by atoms with E-state index in [-0.39, 0.29) is 0 Å². The molecule has 1 aromatic rings. The second-order valence-corrected chi connectivity index (χ2v) is 3.76. The molecule has 0 atom stereocenters. The van der Waals surface area contributed by atoms with Crippen molar-refractivity contribution >= 4 is 5.69 Å². The van der Waals surface area contributed by atoms with E-state index in [0.717, 1.165) is 18.5 Å². The molecule has 1 saturated carbocycles. The molecule has 0 spiro atoms. The fraction of sp³-hybridized carbons (Fsp3) is 0.545. The van der Waals surface area contributed by atoms with Gasteiger partial charge in [0.1, 0.15) is 0 Å². The van der Waals surface area contributed by atoms with Gasteiger partial charge in [-0.15, -0.1) is 0 Å². The van der Waals surface area contributed by atoms with Crippen molar-refractivity contribution in [3.8, 4) is 5.88 Å². The maximum atomic E-state index is 5.21. The molecule has 0 unspecified atom stereocenters. The molecule has 1 aliphatic carbocycles. The summed E-state index contributed by atoms with van der Waals surface area (Å²) in [5.74, 6) is 0.643. The first-order valence-corrected chi connectivity index (χ1v) is 5.11. The SMILES string of the molecule is COc1ccc(NC2CC(OC)C2)cn1. The number of nitrogens with one attached hydrogen (secondary N) is 1. The quantitative estimate of drug-likeness (QED) is 0.817. The van der Waals surface area contributed by atoms with Gasteiger partial charge in [-0.05, 0) is 18.9 Å². The van der Waals surface area contributed by atoms with Crippen LogP contribution in [0.3, 0.4) is 0 Å². The molecule has 4 heteroatoms. The van der Waals surface area contributed by atoms with Crippen molar-refractivity contribution in [2.75, 3.05) is 19.5 Å². The average molecular weight is 208 g/mol. The van der Waals surface area contributed by atoms with Crippen LogP contribution in [0.15, 0.2) is 18.3 Å². The number of aromatic nitrogens is 1. The first kappa shape index (κ1) is 10.2. The average Bonchev–Trinajstić information content (AvgIpc) is 2.23. The predicted molar refractivity (Wildman–Crippen MR) is 58.2 cm³/mol. The first-order chi connectivity index (χ1) is 7.31. The molecule has 1 fully saturated rings. The Bertz CT molecular complexity index is 307. The van der Waals surface area contributed by atoms with Crippen molar-refractivity contribution < 1.29 is 9.47 Å². The van der Waals surface area contributed by atoms with Crippen LogP contribution in [0.1, 0.15) is 12.8 Å². The lowest BCUT2D eigenvalue weighted by atomic mass is 9.89. The van der Waals surface area contributed by atoms with E-state index >= 15 is 0 Å². The molecule has 0 aromatic carbocycles. The van der Waals surface area contributed by atoms with Crippen LogP contribution in [0.5, 0.6) is 5.88 Å². The molecule has 0 radical (unpaired) electrons. The Kier molecular flexibility index (Phi) is 3.06. The summed E-state index contributed by atoms with van der Waals surface area (Å²) in [4.78, 5) is 4.13. The highest BCUT2D eigenvalue weighted by atomic mass is 16.5. The fourth-order valence-electron chi connectivity index (χ4n) is 1.70. The molecule has 4 nitrogen and oxygen atoms in total. The minimum atomic E-state index is 0.425. The molecule has 2 rings (SSSR count). The smallest absolute Gasteiger partial charge is 0.213 e. The van der Waals surface area contributed by atoms with Gasteiger partial charge in [0.05, 0.1) is 25.1 Å². The standard InChI is InChI=1S/C11H16N2O2/c1-14-10-5-9(6-10)13-8-3-4-11(15-2)12-7-8/h3-4,7,9-10,13H,5-6H2,1-2H3. The Morgan fingerprint density at radius 2 is 2.13 bits per heavy atom. The van der Waals surface area contributed by atoms with Gasteiger partial charge in [-0.3, -0.25) is 0 Å². The third-order valence-electron chi connectivity index (χ3n) is 2.74. The lowest BCUT2D eigenvalue weighted by molar-refractivity contribution is 0.0328. The summed E-state index contributed by atoms with van der Waals surface area (Å²) in [6.07, 6.45) is 4.36. The molecule has 1 aliphatic rings. The minimum absolute atomic E-state index is 0.425. The zero-order chi connectivity index (χ0) is 10.7. The van der Waals surface area contributed by atoms with Gasteiger partial charge < -0.3 is 14.8 Å². The van der Waals surface area contributed by atoms with E-state index in [2.05, 4.69) is 10.3 Å². The molecular weight excluding hydrogens is 192 g/mol. The molecule has 1 heterocycles. The van der Waals surface area contributed by atoms with Crippen molar-refractivity contribution in [3.05, 3.63) is 18.3 Å². The summed E-state index contributed by atoms with van der Waals surface area (Å²) in [7, 11) is 3.38. The maximum Gasteiger partial charge on any atom is 0.213 e. The van der Waals surface area contributed by atoms with E-state index in [1.54, 1.807) is 20.4 Å². The molecule has 0 saturated heterocycles. The first-order valence-electron chi connectivity index (χ1n) is 5.11. The van der Waals surface area contributed by atoms with E-state index in [1.807, 2.05) is 12.1 Å². The minimum Gasteiger partial charge on any atom is -0.481 e. The van der Waals surface area contributed by atoms with Crippen molar-refractivity contribution in [1.82, 2.24) is 4.98 Å². The van der Waals surface area contributed by atoms with Crippen molar-refractivity contribution in [1.29, 1.82) is 0 Å². The zero-order valence-electron chi connectivity index (χ0n) is 9.06. The van der Waals surface area contributed by atoms with Crippen LogP contribution in [0.2, 0.25) is 0 Å². The van der Waals surface area contributed by atoms with Crippen molar-refractivity contribution in [2.24, 2.45) is 0 Å². The lowest BCUT2D eigenvalue weighted by Gasteiger charge is -2.35. The van der Waals surface area contributed by atoms with Crippen LogP contribution in [0.25, 0.3) is 0 Å². The summed E-state index contributed by atoms with van der Waals surface area (Å²) in [6.45, 7) is 0. The molecule has 1 N–H and O–H groups in total. The molecule has 0 amide bonds. The Morgan fingerprint density at radius 3 is 2.67 bits per heavy atom. The molecule has 82 valence electrons. The number of hydrogen-bond donors (Lipinski definition) is 1. The number of ether oxygens (including phenoxy) is 2. The summed E-state index contributed by atoms with van der Waals surface area (Å²) in [6, 6.07) is 4.35. The van der Waals surface area contributed by atoms with Gasteiger partial charge in [0.2, 0.25) is 5.88 Å². The fourth-order valence-corrected chi connectivity index (χ4v) is 1.70. The predicted octanol–water partition coefficient (Wildman–Crippen LogP) is 1.68. The van der Waals surface area contributed by atoms with Gasteiger partial charge in [-0.2, -0.15) is 0 Å². The Balaban J connectivity index is 1.84. The Hall–Kier alpha value is -1.29. The van der Waals surface area contributed by atoms with Gasteiger partial charge in [-0.1, -0.05) is 0 Å². The normalized spacial score (nSPS) is 24.4. The highest BCUT2D eigenvalue weighted by Crippen LogP contribution is 2.26. The maximum absolute atomic E-state index is 5.21. The van der Waals surface area contributed by atoms with Crippen LogP contribution in [-0.4, -0.2) is 31.3 Å². The molecule has 0 bridgehead atoms. The van der Waals surface area contributed by atoms with E-state index < -0.39 is 0 Å². The zero-order valence-corrected chi connectivity index (χ0v) is 9.06. The summed E-state index contributed by atoms with van der Waals surface area (Å²) in [5, 5.41) is 3.40. The molecular formula is C11H16N2O2. The largest absolute Gasteiger partial charge is 0.481 e. The third-order valence-corrected chi connectivity index (χ3v) is 2.74. The van der Waals surface area contributed by atoms with Gasteiger partial charge in [0, 0.05) is 19.2 Å². The summed E-state index contributed by atoms with van der Waals surface area (Å²) in [5.41, 5.74) is 1.04. The molecule has 15 heavy (non-hydrogen) atoms. The second kappa shape index (κ2) is 4.49. The number of rotatable bonds is 4. The van der Waals surface area contributed by atoms with Gasteiger partial charge in [0.15, 0.2) is 0 Å². The van der Waals surface area contributed by atoms with E-state index in [4.69, 9.17) is 9.47 Å². The van der Waals surface area contributed by atoms with Crippen LogP contribution in [-0.2, 0) is 4.74 Å². The van der Waals surface area contributed by atoms with Crippen LogP contribution in [0, 0.1) is 0 Å². The molecule has 1 aromatic heterocycles. The van der Waals surface area contributed by atoms with Gasteiger partial charge >= 0.3 is 0 Å². The highest BCUT2D eigenvalue weighted by Gasteiger charge is 2.28. The van der Waals surface area contributed by atoms with Crippen molar-refractivity contribution in [3.63, 3.8) is 0 Å². The number of nitrogens with zero attached hydrogens (tertiary/aromatic N) is 1.